The minimum atomic E-state index is -0.0133. The van der Waals surface area contributed by atoms with Crippen molar-refractivity contribution in [3.63, 3.8) is 0 Å². The molecule has 1 heterocycles. The molecule has 0 aliphatic carbocycles. The molecule has 122 valence electrons. The smallest absolute Gasteiger partial charge is 0.196 e. The summed E-state index contributed by atoms with van der Waals surface area (Å²) in [6.45, 7) is 0. The van der Waals surface area contributed by atoms with Crippen molar-refractivity contribution in [1.82, 2.24) is 0 Å². The lowest BCUT2D eigenvalue weighted by Gasteiger charge is -2.11. The highest BCUT2D eigenvalue weighted by Gasteiger charge is 2.17. The average molecular weight is 347 g/mol. The first kappa shape index (κ1) is 15.7. The summed E-state index contributed by atoms with van der Waals surface area (Å²) in [4.78, 5) is 13.1. The van der Waals surface area contributed by atoms with Crippen molar-refractivity contribution in [3.8, 4) is 11.3 Å². The molecule has 0 saturated carbocycles. The Labute approximate surface area is 150 Å². The Bertz CT molecular complexity index is 1100. The molecule has 3 aromatic carbocycles. The Kier molecular flexibility index (Phi) is 4.12. The molecule has 3 heteroatoms. The topological polar surface area (TPSA) is 30.2 Å². The van der Waals surface area contributed by atoms with Crippen LogP contribution in [0.3, 0.4) is 0 Å². The van der Waals surface area contributed by atoms with Crippen molar-refractivity contribution in [2.75, 3.05) is 0 Å². The van der Waals surface area contributed by atoms with Crippen LogP contribution in [-0.4, -0.2) is 0 Å². The fraction of sp³-hybridized carbons (Fsp3) is 0.0455. The van der Waals surface area contributed by atoms with Gasteiger partial charge < -0.3 is 4.42 Å². The number of fused-ring (bicyclic) bond motifs is 1. The molecule has 0 bridgehead atoms. The van der Waals surface area contributed by atoms with Gasteiger partial charge in [-0.3, -0.25) is 4.79 Å². The van der Waals surface area contributed by atoms with Crippen LogP contribution in [-0.2, 0) is 6.42 Å². The van der Waals surface area contributed by atoms with Crippen LogP contribution >= 0.6 is 11.6 Å². The summed E-state index contributed by atoms with van der Waals surface area (Å²) < 4.78 is 6.13. The van der Waals surface area contributed by atoms with Crippen molar-refractivity contribution < 1.29 is 4.42 Å². The summed E-state index contributed by atoms with van der Waals surface area (Å²) in [5.41, 5.74) is 2.99. The Morgan fingerprint density at radius 3 is 2.28 bits per heavy atom. The zero-order valence-electron chi connectivity index (χ0n) is 13.4. The molecule has 0 fully saturated rings. The van der Waals surface area contributed by atoms with E-state index in [1.165, 1.54) is 0 Å². The van der Waals surface area contributed by atoms with Crippen LogP contribution in [0.4, 0.5) is 0 Å². The minimum absolute atomic E-state index is 0.0133. The summed E-state index contributed by atoms with van der Waals surface area (Å²) in [6, 6.07) is 24.6. The Hall–Kier alpha value is -2.84. The van der Waals surface area contributed by atoms with E-state index < -0.39 is 0 Å². The second-order valence-electron chi connectivity index (χ2n) is 5.87. The van der Waals surface area contributed by atoms with E-state index in [0.29, 0.717) is 33.7 Å². The van der Waals surface area contributed by atoms with Crippen LogP contribution in [0.2, 0.25) is 5.02 Å². The molecule has 0 saturated heterocycles. The lowest BCUT2D eigenvalue weighted by atomic mass is 9.98. The van der Waals surface area contributed by atoms with Crippen molar-refractivity contribution in [2.45, 2.75) is 6.42 Å². The molecule has 0 N–H and O–H groups in total. The fourth-order valence-corrected chi connectivity index (χ4v) is 3.20. The molecule has 2 nitrogen and oxygen atoms in total. The zero-order valence-corrected chi connectivity index (χ0v) is 14.2. The largest absolute Gasteiger partial charge is 0.456 e. The van der Waals surface area contributed by atoms with Gasteiger partial charge in [-0.25, -0.2) is 0 Å². The summed E-state index contributed by atoms with van der Waals surface area (Å²) in [7, 11) is 0. The van der Waals surface area contributed by atoms with Gasteiger partial charge in [0.15, 0.2) is 5.43 Å². The molecule has 0 aliphatic rings. The highest BCUT2D eigenvalue weighted by molar-refractivity contribution is 6.31. The van der Waals surface area contributed by atoms with Crippen molar-refractivity contribution in [3.05, 3.63) is 105 Å². The van der Waals surface area contributed by atoms with E-state index in [0.717, 1.165) is 11.1 Å². The first-order chi connectivity index (χ1) is 12.2. The Morgan fingerprint density at radius 1 is 0.800 bits per heavy atom. The monoisotopic (exact) mass is 346 g/mol. The molecular formula is C22H15ClO2. The maximum Gasteiger partial charge on any atom is 0.196 e. The molecule has 25 heavy (non-hydrogen) atoms. The molecule has 0 amide bonds. The lowest BCUT2D eigenvalue weighted by Crippen LogP contribution is -2.12. The number of rotatable bonds is 3. The van der Waals surface area contributed by atoms with Crippen LogP contribution in [0.25, 0.3) is 22.3 Å². The maximum atomic E-state index is 13.1. The third kappa shape index (κ3) is 2.97. The van der Waals surface area contributed by atoms with Gasteiger partial charge in [-0.2, -0.15) is 0 Å². The van der Waals surface area contributed by atoms with Gasteiger partial charge in [0.25, 0.3) is 0 Å². The van der Waals surface area contributed by atoms with Crippen molar-refractivity contribution >= 4 is 22.6 Å². The second kappa shape index (κ2) is 6.58. The summed E-state index contributed by atoms with van der Waals surface area (Å²) in [5.74, 6) is 0.601. The van der Waals surface area contributed by atoms with Gasteiger partial charge in [-0.15, -0.1) is 0 Å². The van der Waals surface area contributed by atoms with Crippen molar-refractivity contribution in [1.29, 1.82) is 0 Å². The minimum Gasteiger partial charge on any atom is -0.456 e. The highest BCUT2D eigenvalue weighted by Crippen LogP contribution is 2.28. The second-order valence-corrected chi connectivity index (χ2v) is 6.28. The zero-order chi connectivity index (χ0) is 17.2. The van der Waals surface area contributed by atoms with Crippen LogP contribution in [0.1, 0.15) is 11.1 Å². The van der Waals surface area contributed by atoms with Crippen LogP contribution in [0.5, 0.6) is 0 Å². The SMILES string of the molecule is O=c1c(Cc2ccccc2Cl)c(-c2ccccc2)oc2ccccc12. The predicted octanol–water partition coefficient (Wildman–Crippen LogP) is 5.70. The van der Waals surface area contributed by atoms with Crippen LogP contribution in [0, 0.1) is 0 Å². The standard InChI is InChI=1S/C22H15ClO2/c23-19-12-6-4-10-16(19)14-18-21(24)17-11-5-7-13-20(17)25-22(18)15-8-2-1-3-9-15/h1-13H,14H2. The van der Waals surface area contributed by atoms with Gasteiger partial charge in [0.05, 0.1) is 5.39 Å². The molecule has 0 unspecified atom stereocenters. The fourth-order valence-electron chi connectivity index (χ4n) is 3.00. The van der Waals surface area contributed by atoms with E-state index in [1.54, 1.807) is 6.07 Å². The van der Waals surface area contributed by atoms with Gasteiger partial charge in [0, 0.05) is 22.6 Å². The van der Waals surface area contributed by atoms with E-state index >= 15 is 0 Å². The Morgan fingerprint density at radius 2 is 1.48 bits per heavy atom. The quantitative estimate of drug-likeness (QED) is 0.476. The summed E-state index contributed by atoms with van der Waals surface area (Å²) in [6.07, 6.45) is 0.428. The molecule has 1 aromatic heterocycles. The number of hydrogen-bond acceptors (Lipinski definition) is 2. The summed E-state index contributed by atoms with van der Waals surface area (Å²) >= 11 is 6.31. The van der Waals surface area contributed by atoms with Crippen molar-refractivity contribution in [2.24, 2.45) is 0 Å². The van der Waals surface area contributed by atoms with E-state index in [1.807, 2.05) is 72.8 Å². The van der Waals surface area contributed by atoms with E-state index in [-0.39, 0.29) is 5.43 Å². The van der Waals surface area contributed by atoms with Crippen LogP contribution in [0.15, 0.2) is 88.1 Å². The molecule has 0 aliphatic heterocycles. The first-order valence-corrected chi connectivity index (χ1v) is 8.45. The van der Waals surface area contributed by atoms with E-state index in [9.17, 15) is 4.79 Å². The summed E-state index contributed by atoms with van der Waals surface area (Å²) in [5, 5.41) is 1.23. The van der Waals surface area contributed by atoms with Crippen LogP contribution < -0.4 is 5.43 Å². The van der Waals surface area contributed by atoms with E-state index in [4.69, 9.17) is 16.0 Å². The van der Waals surface area contributed by atoms with E-state index in [2.05, 4.69) is 0 Å². The average Bonchev–Trinajstić information content (AvgIpc) is 2.66. The number of para-hydroxylation sites is 1. The lowest BCUT2D eigenvalue weighted by molar-refractivity contribution is 0.611. The first-order valence-electron chi connectivity index (χ1n) is 8.07. The Balaban J connectivity index is 1.99. The third-order valence-corrected chi connectivity index (χ3v) is 4.62. The normalized spacial score (nSPS) is 10.9. The van der Waals surface area contributed by atoms with Gasteiger partial charge in [0.2, 0.25) is 0 Å². The molecule has 0 spiro atoms. The molecule has 4 rings (SSSR count). The number of hydrogen-bond donors (Lipinski definition) is 0. The molecule has 0 atom stereocenters. The molecule has 4 aromatic rings. The molecular weight excluding hydrogens is 332 g/mol. The van der Waals surface area contributed by atoms with Gasteiger partial charge in [-0.1, -0.05) is 72.3 Å². The maximum absolute atomic E-state index is 13.1. The number of benzene rings is 3. The third-order valence-electron chi connectivity index (χ3n) is 4.25. The van der Waals surface area contributed by atoms with Gasteiger partial charge >= 0.3 is 0 Å². The molecule has 0 radical (unpaired) electrons. The number of halogens is 1. The highest BCUT2D eigenvalue weighted by atomic mass is 35.5. The van der Waals surface area contributed by atoms with Gasteiger partial charge in [0.1, 0.15) is 11.3 Å². The van der Waals surface area contributed by atoms with Gasteiger partial charge in [-0.05, 0) is 23.8 Å². The predicted molar refractivity (Wildman–Crippen MR) is 102 cm³/mol.